The molecule has 1 saturated carbocycles. The third kappa shape index (κ3) is 1.64. The summed E-state index contributed by atoms with van der Waals surface area (Å²) in [5.41, 5.74) is 0. The summed E-state index contributed by atoms with van der Waals surface area (Å²) in [6, 6.07) is 0.602. The number of nitrogens with one attached hydrogen (secondary N) is 1. The number of rotatable bonds is 1. The highest BCUT2D eigenvalue weighted by Crippen LogP contribution is 2.17. The third-order valence-electron chi connectivity index (χ3n) is 1.76. The van der Waals surface area contributed by atoms with E-state index in [1.54, 1.807) is 0 Å². The molecule has 0 heterocycles. The van der Waals surface area contributed by atoms with Crippen molar-refractivity contribution in [2.45, 2.75) is 38.1 Å². The highest BCUT2D eigenvalue weighted by atomic mass is 35.5. The first-order valence-electron chi connectivity index (χ1n) is 3.29. The van der Waals surface area contributed by atoms with Crippen LogP contribution in [-0.4, -0.2) is 6.04 Å². The largest absolute Gasteiger partial charge is 0.230 e. The molecule has 0 spiro atoms. The van der Waals surface area contributed by atoms with E-state index in [9.17, 15) is 0 Å². The minimum Gasteiger partial charge on any atom is -0.230 e. The summed E-state index contributed by atoms with van der Waals surface area (Å²) in [5, 5.41) is 0. The fraction of sp³-hybridized carbons (Fsp3) is 1.00. The molecular formula is C6H12ClN. The van der Waals surface area contributed by atoms with Crippen LogP contribution in [0.4, 0.5) is 0 Å². The van der Waals surface area contributed by atoms with Gasteiger partial charge in [-0.25, -0.2) is 4.84 Å². The first-order valence-corrected chi connectivity index (χ1v) is 3.67. The van der Waals surface area contributed by atoms with E-state index in [2.05, 4.69) is 4.84 Å². The van der Waals surface area contributed by atoms with E-state index in [4.69, 9.17) is 11.8 Å². The van der Waals surface area contributed by atoms with Gasteiger partial charge in [-0.15, -0.1) is 0 Å². The van der Waals surface area contributed by atoms with Gasteiger partial charge in [0.05, 0.1) is 0 Å². The molecule has 1 aliphatic rings. The van der Waals surface area contributed by atoms with Gasteiger partial charge in [0.15, 0.2) is 0 Å². The minimum absolute atomic E-state index is 0.602. The molecule has 0 unspecified atom stereocenters. The van der Waals surface area contributed by atoms with Crippen LogP contribution in [0.5, 0.6) is 0 Å². The van der Waals surface area contributed by atoms with Gasteiger partial charge in [-0.1, -0.05) is 19.3 Å². The number of halogens is 1. The molecule has 1 nitrogen and oxygen atoms in total. The lowest BCUT2D eigenvalue weighted by Gasteiger charge is -2.18. The molecule has 1 fully saturated rings. The van der Waals surface area contributed by atoms with Gasteiger partial charge >= 0.3 is 0 Å². The Kier molecular flexibility index (Phi) is 2.64. The molecule has 0 aromatic heterocycles. The first kappa shape index (κ1) is 6.37. The summed E-state index contributed by atoms with van der Waals surface area (Å²) >= 11 is 5.43. The Labute approximate surface area is 55.5 Å². The van der Waals surface area contributed by atoms with Gasteiger partial charge in [0, 0.05) is 6.04 Å². The molecule has 0 aliphatic heterocycles. The molecule has 0 bridgehead atoms. The third-order valence-corrected chi connectivity index (χ3v) is 2.07. The second-order valence-corrected chi connectivity index (χ2v) is 2.66. The Balaban J connectivity index is 2.13. The SMILES string of the molecule is ClNC1CCCCC1. The van der Waals surface area contributed by atoms with E-state index in [1.807, 2.05) is 0 Å². The van der Waals surface area contributed by atoms with Gasteiger partial charge in [-0.05, 0) is 24.6 Å². The normalized spacial score (nSPS) is 23.6. The maximum Gasteiger partial charge on any atom is 0.0220 e. The average Bonchev–Trinajstić information content (AvgIpc) is 1.90. The van der Waals surface area contributed by atoms with Crippen molar-refractivity contribution in [3.05, 3.63) is 0 Å². The van der Waals surface area contributed by atoms with Crippen molar-refractivity contribution in [3.63, 3.8) is 0 Å². The van der Waals surface area contributed by atoms with Gasteiger partial charge in [0.25, 0.3) is 0 Å². The molecule has 2 heteroatoms. The van der Waals surface area contributed by atoms with Crippen LogP contribution in [0.2, 0.25) is 0 Å². The first-order chi connectivity index (χ1) is 3.93. The monoisotopic (exact) mass is 133 g/mol. The predicted octanol–water partition coefficient (Wildman–Crippen LogP) is 2.06. The summed E-state index contributed by atoms with van der Waals surface area (Å²) in [6.45, 7) is 0. The van der Waals surface area contributed by atoms with E-state index in [0.29, 0.717) is 6.04 Å². The smallest absolute Gasteiger partial charge is 0.0220 e. The topological polar surface area (TPSA) is 12.0 Å². The van der Waals surface area contributed by atoms with Crippen LogP contribution >= 0.6 is 11.8 Å². The molecule has 1 aliphatic carbocycles. The molecule has 0 aromatic rings. The summed E-state index contributed by atoms with van der Waals surface area (Å²) in [7, 11) is 0. The van der Waals surface area contributed by atoms with Gasteiger partial charge in [-0.3, -0.25) is 0 Å². The molecular weight excluding hydrogens is 122 g/mol. The zero-order valence-electron chi connectivity index (χ0n) is 4.99. The van der Waals surface area contributed by atoms with Crippen LogP contribution in [0.1, 0.15) is 32.1 Å². The average molecular weight is 134 g/mol. The van der Waals surface area contributed by atoms with Crippen LogP contribution in [0, 0.1) is 0 Å². The fourth-order valence-electron chi connectivity index (χ4n) is 1.21. The molecule has 0 atom stereocenters. The van der Waals surface area contributed by atoms with Crippen molar-refractivity contribution in [1.29, 1.82) is 0 Å². The molecule has 48 valence electrons. The highest BCUT2D eigenvalue weighted by Gasteiger charge is 2.10. The molecule has 0 amide bonds. The van der Waals surface area contributed by atoms with Crippen molar-refractivity contribution in [3.8, 4) is 0 Å². The fourth-order valence-corrected chi connectivity index (χ4v) is 1.43. The Hall–Kier alpha value is 0.250. The Morgan fingerprint density at radius 2 is 1.75 bits per heavy atom. The van der Waals surface area contributed by atoms with Crippen LogP contribution in [0.3, 0.4) is 0 Å². The van der Waals surface area contributed by atoms with Crippen molar-refractivity contribution in [2.24, 2.45) is 0 Å². The molecule has 1 rings (SSSR count). The second-order valence-electron chi connectivity index (χ2n) is 2.44. The zero-order valence-corrected chi connectivity index (χ0v) is 5.75. The van der Waals surface area contributed by atoms with Crippen LogP contribution in [0.25, 0.3) is 0 Å². The highest BCUT2D eigenvalue weighted by molar-refractivity contribution is 6.13. The minimum atomic E-state index is 0.602. The lowest BCUT2D eigenvalue weighted by atomic mass is 9.96. The Bertz CT molecular complexity index is 59.5. The summed E-state index contributed by atoms with van der Waals surface area (Å²) in [6.07, 6.45) is 6.64. The van der Waals surface area contributed by atoms with Crippen molar-refractivity contribution >= 4 is 11.8 Å². The van der Waals surface area contributed by atoms with Crippen molar-refractivity contribution in [2.75, 3.05) is 0 Å². The van der Waals surface area contributed by atoms with E-state index in [1.165, 1.54) is 32.1 Å². The Morgan fingerprint density at radius 3 is 2.12 bits per heavy atom. The molecule has 0 saturated heterocycles. The quantitative estimate of drug-likeness (QED) is 0.540. The zero-order chi connectivity index (χ0) is 5.82. The summed E-state index contributed by atoms with van der Waals surface area (Å²) in [4.78, 5) is 2.78. The van der Waals surface area contributed by atoms with Crippen molar-refractivity contribution < 1.29 is 0 Å². The summed E-state index contributed by atoms with van der Waals surface area (Å²) < 4.78 is 0. The van der Waals surface area contributed by atoms with E-state index in [-0.39, 0.29) is 0 Å². The van der Waals surface area contributed by atoms with Gasteiger partial charge in [0.1, 0.15) is 0 Å². The molecule has 1 N–H and O–H groups in total. The maximum atomic E-state index is 5.43. The number of hydrogen-bond donors (Lipinski definition) is 1. The van der Waals surface area contributed by atoms with Crippen LogP contribution in [0.15, 0.2) is 0 Å². The predicted molar refractivity (Wildman–Crippen MR) is 35.9 cm³/mol. The molecule has 0 radical (unpaired) electrons. The standard InChI is InChI=1S/C6H12ClN/c7-8-6-4-2-1-3-5-6/h6,8H,1-5H2. The van der Waals surface area contributed by atoms with Gasteiger partial charge in [-0.2, -0.15) is 0 Å². The van der Waals surface area contributed by atoms with Crippen LogP contribution in [-0.2, 0) is 0 Å². The maximum absolute atomic E-state index is 5.43. The number of hydrogen-bond acceptors (Lipinski definition) is 1. The molecule has 0 aromatic carbocycles. The van der Waals surface area contributed by atoms with Crippen molar-refractivity contribution in [1.82, 2.24) is 4.84 Å². The van der Waals surface area contributed by atoms with E-state index < -0.39 is 0 Å². The van der Waals surface area contributed by atoms with Crippen LogP contribution < -0.4 is 4.84 Å². The second kappa shape index (κ2) is 3.31. The lowest BCUT2D eigenvalue weighted by Crippen LogP contribution is -2.22. The van der Waals surface area contributed by atoms with Gasteiger partial charge < -0.3 is 0 Å². The molecule has 8 heavy (non-hydrogen) atoms. The van der Waals surface area contributed by atoms with E-state index in [0.717, 1.165) is 0 Å². The Morgan fingerprint density at radius 1 is 1.12 bits per heavy atom. The summed E-state index contributed by atoms with van der Waals surface area (Å²) in [5.74, 6) is 0. The van der Waals surface area contributed by atoms with E-state index >= 15 is 0 Å². The van der Waals surface area contributed by atoms with Gasteiger partial charge in [0.2, 0.25) is 0 Å². The lowest BCUT2D eigenvalue weighted by molar-refractivity contribution is 0.420.